The van der Waals surface area contributed by atoms with Crippen molar-refractivity contribution in [1.29, 1.82) is 0 Å². The number of hydrogen-bond acceptors (Lipinski definition) is 2. The lowest BCUT2D eigenvalue weighted by molar-refractivity contribution is 0.0833. The van der Waals surface area contributed by atoms with E-state index in [0.29, 0.717) is 11.0 Å². The van der Waals surface area contributed by atoms with Gasteiger partial charge in [-0.1, -0.05) is 6.07 Å². The maximum atomic E-state index is 4.29. The molecule has 2 heteroatoms. The van der Waals surface area contributed by atoms with Gasteiger partial charge in [-0.05, 0) is 62.6 Å². The summed E-state index contributed by atoms with van der Waals surface area (Å²) < 4.78 is 0. The number of fused-ring (bicyclic) bond motifs is 3. The van der Waals surface area contributed by atoms with E-state index in [4.69, 9.17) is 0 Å². The number of rotatable bonds is 2. The summed E-state index contributed by atoms with van der Waals surface area (Å²) in [5, 5.41) is 3.56. The molecular formula is C14H20N2. The lowest BCUT2D eigenvalue weighted by Gasteiger charge is -2.53. The SMILES string of the molecule is CNC12CCC(c3cccnc3)(CC1)CC2. The quantitative estimate of drug-likeness (QED) is 0.822. The molecule has 0 unspecified atom stereocenters. The third kappa shape index (κ3) is 1.40. The smallest absolute Gasteiger partial charge is 0.0305 e. The van der Waals surface area contributed by atoms with E-state index in [9.17, 15) is 0 Å². The largest absolute Gasteiger partial charge is 0.314 e. The second kappa shape index (κ2) is 3.56. The molecule has 1 aromatic rings. The Hall–Kier alpha value is -0.890. The highest BCUT2D eigenvalue weighted by molar-refractivity contribution is 5.26. The highest BCUT2D eigenvalue weighted by Gasteiger charge is 2.48. The summed E-state index contributed by atoms with van der Waals surface area (Å²) in [5.74, 6) is 0. The molecule has 4 rings (SSSR count). The van der Waals surface area contributed by atoms with E-state index in [1.807, 2.05) is 6.20 Å². The Morgan fingerprint density at radius 2 is 1.81 bits per heavy atom. The van der Waals surface area contributed by atoms with E-state index >= 15 is 0 Å². The van der Waals surface area contributed by atoms with Gasteiger partial charge in [-0.25, -0.2) is 0 Å². The van der Waals surface area contributed by atoms with Gasteiger partial charge in [0.1, 0.15) is 0 Å². The number of nitrogens with zero attached hydrogens (tertiary/aromatic N) is 1. The molecule has 1 N–H and O–H groups in total. The fourth-order valence-corrected chi connectivity index (χ4v) is 3.67. The van der Waals surface area contributed by atoms with Crippen molar-refractivity contribution >= 4 is 0 Å². The first-order chi connectivity index (χ1) is 7.79. The molecule has 3 aliphatic rings. The van der Waals surface area contributed by atoms with E-state index in [-0.39, 0.29) is 0 Å². The van der Waals surface area contributed by atoms with Crippen LogP contribution in [-0.2, 0) is 5.41 Å². The summed E-state index contributed by atoms with van der Waals surface area (Å²) in [6.07, 6.45) is 12.0. The zero-order valence-corrected chi connectivity index (χ0v) is 10.00. The Balaban J connectivity index is 1.89. The normalized spacial score (nSPS) is 37.6. The third-order valence-corrected chi connectivity index (χ3v) is 5.05. The van der Waals surface area contributed by atoms with Crippen LogP contribution in [0.3, 0.4) is 0 Å². The predicted octanol–water partition coefficient (Wildman–Crippen LogP) is 2.65. The van der Waals surface area contributed by atoms with Crippen molar-refractivity contribution < 1.29 is 0 Å². The first kappa shape index (κ1) is 10.3. The Labute approximate surface area is 97.5 Å². The predicted molar refractivity (Wildman–Crippen MR) is 65.4 cm³/mol. The fraction of sp³-hybridized carbons (Fsp3) is 0.643. The van der Waals surface area contributed by atoms with Gasteiger partial charge in [0.05, 0.1) is 0 Å². The summed E-state index contributed by atoms with van der Waals surface area (Å²) in [6.45, 7) is 0. The van der Waals surface area contributed by atoms with Crippen LogP contribution < -0.4 is 5.32 Å². The minimum Gasteiger partial charge on any atom is -0.314 e. The molecule has 3 saturated carbocycles. The lowest BCUT2D eigenvalue weighted by atomic mass is 9.55. The van der Waals surface area contributed by atoms with E-state index in [0.717, 1.165) is 0 Å². The van der Waals surface area contributed by atoms with Gasteiger partial charge < -0.3 is 5.32 Å². The van der Waals surface area contributed by atoms with Crippen LogP contribution in [0.4, 0.5) is 0 Å². The lowest BCUT2D eigenvalue weighted by Crippen LogP contribution is -2.54. The molecule has 3 aliphatic carbocycles. The van der Waals surface area contributed by atoms with Gasteiger partial charge in [0.15, 0.2) is 0 Å². The average molecular weight is 216 g/mol. The topological polar surface area (TPSA) is 24.9 Å². The van der Waals surface area contributed by atoms with E-state index in [1.54, 1.807) is 0 Å². The van der Waals surface area contributed by atoms with Crippen molar-refractivity contribution in [2.24, 2.45) is 0 Å². The van der Waals surface area contributed by atoms with Crippen LogP contribution in [-0.4, -0.2) is 17.6 Å². The zero-order chi connectivity index (χ0) is 11.1. The van der Waals surface area contributed by atoms with Crippen molar-refractivity contribution in [3.8, 4) is 0 Å². The summed E-state index contributed by atoms with van der Waals surface area (Å²) in [7, 11) is 2.13. The van der Waals surface area contributed by atoms with Crippen LogP contribution in [0.25, 0.3) is 0 Å². The summed E-state index contributed by atoms with van der Waals surface area (Å²) in [4.78, 5) is 4.29. The van der Waals surface area contributed by atoms with E-state index < -0.39 is 0 Å². The van der Waals surface area contributed by atoms with Crippen LogP contribution in [0.15, 0.2) is 24.5 Å². The third-order valence-electron chi connectivity index (χ3n) is 5.05. The van der Waals surface area contributed by atoms with Crippen LogP contribution >= 0.6 is 0 Å². The molecule has 0 radical (unpaired) electrons. The molecule has 0 amide bonds. The monoisotopic (exact) mass is 216 g/mol. The van der Waals surface area contributed by atoms with Crippen molar-refractivity contribution in [2.45, 2.75) is 49.5 Å². The van der Waals surface area contributed by atoms with Crippen LogP contribution in [0, 0.1) is 0 Å². The van der Waals surface area contributed by atoms with Gasteiger partial charge in [-0.2, -0.15) is 0 Å². The van der Waals surface area contributed by atoms with Crippen molar-refractivity contribution in [3.63, 3.8) is 0 Å². The Morgan fingerprint density at radius 1 is 1.12 bits per heavy atom. The maximum Gasteiger partial charge on any atom is 0.0305 e. The summed E-state index contributed by atoms with van der Waals surface area (Å²) in [5.41, 5.74) is 2.39. The van der Waals surface area contributed by atoms with Gasteiger partial charge in [0, 0.05) is 17.9 Å². The van der Waals surface area contributed by atoms with Gasteiger partial charge >= 0.3 is 0 Å². The average Bonchev–Trinajstić information content (AvgIpc) is 2.42. The van der Waals surface area contributed by atoms with Gasteiger partial charge in [0.2, 0.25) is 0 Å². The van der Waals surface area contributed by atoms with Crippen molar-refractivity contribution in [2.75, 3.05) is 7.05 Å². The van der Waals surface area contributed by atoms with Gasteiger partial charge in [0.25, 0.3) is 0 Å². The molecule has 3 fully saturated rings. The second-order valence-corrected chi connectivity index (χ2v) is 5.55. The molecule has 1 aromatic heterocycles. The molecule has 86 valence electrons. The summed E-state index contributed by atoms with van der Waals surface area (Å²) >= 11 is 0. The fourth-order valence-electron chi connectivity index (χ4n) is 3.67. The number of hydrogen-bond donors (Lipinski definition) is 1. The molecule has 2 nitrogen and oxygen atoms in total. The molecule has 2 bridgehead atoms. The Morgan fingerprint density at radius 3 is 2.31 bits per heavy atom. The maximum absolute atomic E-state index is 4.29. The minimum absolute atomic E-state index is 0.451. The van der Waals surface area contributed by atoms with Crippen molar-refractivity contribution in [3.05, 3.63) is 30.1 Å². The first-order valence-electron chi connectivity index (χ1n) is 6.38. The number of pyridine rings is 1. The van der Waals surface area contributed by atoms with Crippen LogP contribution in [0.1, 0.15) is 44.1 Å². The standard InChI is InChI=1S/C14H20N2/c1-15-14-7-4-13(5-8-14,6-9-14)12-3-2-10-16-11-12/h2-3,10-11,15H,4-9H2,1H3. The molecule has 16 heavy (non-hydrogen) atoms. The molecule has 0 aliphatic heterocycles. The van der Waals surface area contributed by atoms with Crippen molar-refractivity contribution in [1.82, 2.24) is 10.3 Å². The molecule has 0 atom stereocenters. The Kier molecular flexibility index (Phi) is 2.28. The van der Waals surface area contributed by atoms with E-state index in [1.165, 1.54) is 44.1 Å². The number of aromatic nitrogens is 1. The summed E-state index contributed by atoms with van der Waals surface area (Å²) in [6, 6.07) is 4.35. The highest BCUT2D eigenvalue weighted by atomic mass is 15.0. The van der Waals surface area contributed by atoms with Gasteiger partial charge in [-0.3, -0.25) is 4.98 Å². The molecular weight excluding hydrogens is 196 g/mol. The molecule has 0 aromatic carbocycles. The molecule has 1 heterocycles. The molecule has 0 spiro atoms. The van der Waals surface area contributed by atoms with Crippen LogP contribution in [0.2, 0.25) is 0 Å². The molecule has 0 saturated heterocycles. The van der Waals surface area contributed by atoms with E-state index in [2.05, 4.69) is 35.7 Å². The first-order valence-corrected chi connectivity index (χ1v) is 6.38. The second-order valence-electron chi connectivity index (χ2n) is 5.55. The zero-order valence-electron chi connectivity index (χ0n) is 10.00. The number of nitrogens with one attached hydrogen (secondary N) is 1. The Bertz CT molecular complexity index is 347. The van der Waals surface area contributed by atoms with Crippen LogP contribution in [0.5, 0.6) is 0 Å². The minimum atomic E-state index is 0.451. The highest BCUT2D eigenvalue weighted by Crippen LogP contribution is 2.53. The van der Waals surface area contributed by atoms with Gasteiger partial charge in [-0.15, -0.1) is 0 Å².